The molecule has 59 heavy (non-hydrogen) atoms. The van der Waals surface area contributed by atoms with E-state index in [1.807, 2.05) is 109 Å². The van der Waals surface area contributed by atoms with Gasteiger partial charge in [0.1, 0.15) is 0 Å². The quantitative estimate of drug-likeness (QED) is 0.0652. The van der Waals surface area contributed by atoms with Crippen LogP contribution < -0.4 is 18.6 Å². The number of amides is 4. The number of H-pyrrole nitrogens is 2. The Hall–Kier alpha value is -7.58. The molecule has 6 aromatic carbocycles. The molecule has 8 N–H and O–H groups in total. The summed E-state index contributed by atoms with van der Waals surface area (Å²) in [7, 11) is 0. The fourth-order valence-corrected chi connectivity index (χ4v) is 8.84. The average Bonchev–Trinajstić information content (AvgIpc) is 3.76. The Balaban J connectivity index is 0.000000155. The van der Waals surface area contributed by atoms with Crippen LogP contribution in [0.4, 0.5) is 9.59 Å². The number of para-hydroxylation sites is 2. The molecule has 8 rings (SSSR count). The second-order valence-electron chi connectivity index (χ2n) is 12.6. The fraction of sp³-hybridized carbons (Fsp3) is 0. The van der Waals surface area contributed by atoms with Crippen molar-refractivity contribution in [2.24, 2.45) is 31.9 Å². The molecule has 290 valence electrons. The zero-order valence-corrected chi connectivity index (χ0v) is 34.3. The van der Waals surface area contributed by atoms with Crippen molar-refractivity contribution in [2.45, 2.75) is 0 Å². The van der Waals surface area contributed by atoms with Crippen LogP contribution >= 0.6 is 0 Å². The van der Waals surface area contributed by atoms with Crippen LogP contribution in [-0.4, -0.2) is 53.4 Å². The minimum atomic E-state index is -0.880. The normalized spacial score (nSPS) is 11.6. The number of carbonyl (C=O) groups excluding carboxylic acids is 2. The van der Waals surface area contributed by atoms with E-state index in [1.165, 1.54) is 7.16 Å². The number of fused-ring (bicyclic) bond motifs is 2. The number of benzene rings is 6. The maximum absolute atomic E-state index is 10.9. The summed E-state index contributed by atoms with van der Waals surface area (Å²) >= 11 is -0.517. The van der Waals surface area contributed by atoms with Crippen molar-refractivity contribution in [3.05, 3.63) is 192 Å². The van der Waals surface area contributed by atoms with Crippen LogP contribution in [0.15, 0.2) is 190 Å². The van der Waals surface area contributed by atoms with Gasteiger partial charge in [0.05, 0.1) is 11.4 Å². The van der Waals surface area contributed by atoms with Gasteiger partial charge in [0.2, 0.25) is 0 Å². The molecule has 2 aromatic heterocycles. The van der Waals surface area contributed by atoms with E-state index in [-0.39, 0.29) is 11.8 Å². The molecule has 0 saturated heterocycles. The molecule has 12 nitrogen and oxygen atoms in total. The summed E-state index contributed by atoms with van der Waals surface area (Å²) in [6, 6.07) is 53.3. The Labute approximate surface area is 349 Å². The average molecular weight is 886 g/mol. The van der Waals surface area contributed by atoms with Crippen LogP contribution in [-0.2, 0) is 0 Å². The Morgan fingerprint density at radius 1 is 0.458 bits per heavy atom. The number of aromatic nitrogens is 2. The number of hydrogen-bond acceptors (Lipinski definition) is 6. The van der Waals surface area contributed by atoms with Gasteiger partial charge in [-0.1, -0.05) is 107 Å². The van der Waals surface area contributed by atoms with Crippen molar-refractivity contribution < 1.29 is 19.8 Å². The third-order valence-electron chi connectivity index (χ3n) is 8.50. The van der Waals surface area contributed by atoms with Gasteiger partial charge in [0, 0.05) is 44.1 Å². The number of nitrogens with zero attached hydrogens (tertiary/aromatic N) is 4. The van der Waals surface area contributed by atoms with Crippen molar-refractivity contribution in [2.75, 3.05) is 0 Å². The van der Waals surface area contributed by atoms with Crippen LogP contribution in [0.25, 0.3) is 45.4 Å². The van der Waals surface area contributed by atoms with Crippen molar-refractivity contribution in [3.8, 4) is 11.8 Å². The predicted octanol–water partition coefficient (Wildman–Crippen LogP) is 9.15. The number of nitrogens with two attached hydrogens (primary N) is 2. The van der Waals surface area contributed by atoms with Crippen LogP contribution in [0.2, 0.25) is 0 Å². The second kappa shape index (κ2) is 20.5. The molecule has 4 amide bonds. The molecular formula is C46H38N8O4Sn. The molecule has 13 heteroatoms. The van der Waals surface area contributed by atoms with Gasteiger partial charge in [0.15, 0.2) is 11.8 Å². The maximum atomic E-state index is 10.9. The van der Waals surface area contributed by atoms with Gasteiger partial charge in [-0.25, -0.2) is 9.59 Å². The molecule has 8 aromatic rings. The summed E-state index contributed by atoms with van der Waals surface area (Å²) in [6.45, 7) is 0. The molecule has 0 bridgehead atoms. The van der Waals surface area contributed by atoms with Crippen LogP contribution in [0.3, 0.4) is 0 Å². The summed E-state index contributed by atoms with van der Waals surface area (Å²) < 4.78 is 3.08. The zero-order valence-electron chi connectivity index (χ0n) is 31.5. The Kier molecular flexibility index (Phi) is 14.3. The third-order valence-corrected chi connectivity index (χ3v) is 12.1. The Bertz CT molecular complexity index is 2580. The first-order valence-corrected chi connectivity index (χ1v) is 21.0. The van der Waals surface area contributed by atoms with E-state index in [1.54, 1.807) is 12.2 Å². The molecule has 2 heterocycles. The SMILES string of the molecule is NC(=O)N=N/C(=C\c1c(O)[nH]c2ccccc12)c1ccccc1.NC(=O)N=N/C(=C\c1c(O)[nH]c2ccccc12)c1ccccc1.c1cc[c]([Sn][c]2ccccc2)cc1. The standard InChI is InChI=1S/2C17H14N4O2.2C6H5.Sn/c2*18-17(23)21-20-15(11-6-2-1-3-7-11)10-13-12-8-4-5-9-14(12)19-16(13)22;2*1-2-4-6-5-3-1;/h2*1-10,19,22H,(H2,18,23);2*1-5H;/b2*15-10-,21-20?;;;. The van der Waals surface area contributed by atoms with Crippen molar-refractivity contribution in [1.29, 1.82) is 0 Å². The van der Waals surface area contributed by atoms with E-state index < -0.39 is 33.2 Å². The van der Waals surface area contributed by atoms with Gasteiger partial charge in [-0.15, -0.1) is 10.2 Å². The Morgan fingerprint density at radius 2 is 0.780 bits per heavy atom. The first-order valence-electron chi connectivity index (χ1n) is 18.2. The summed E-state index contributed by atoms with van der Waals surface area (Å²) in [4.78, 5) is 27.6. The molecule has 2 radical (unpaired) electrons. The zero-order chi connectivity index (χ0) is 41.4. The Morgan fingerprint density at radius 3 is 1.14 bits per heavy atom. The van der Waals surface area contributed by atoms with Crippen LogP contribution in [0, 0.1) is 0 Å². The van der Waals surface area contributed by atoms with E-state index in [2.05, 4.69) is 91.1 Å². The summed E-state index contributed by atoms with van der Waals surface area (Å²) in [5.74, 6) is 0.0443. The molecule has 0 aliphatic heterocycles. The van der Waals surface area contributed by atoms with Gasteiger partial charge in [-0.05, 0) is 24.3 Å². The van der Waals surface area contributed by atoms with Gasteiger partial charge < -0.3 is 31.6 Å². The van der Waals surface area contributed by atoms with Gasteiger partial charge >= 0.3 is 101 Å². The number of azo groups is 2. The first-order chi connectivity index (χ1) is 28.7. The number of aromatic hydroxyl groups is 2. The van der Waals surface area contributed by atoms with E-state index in [0.29, 0.717) is 22.5 Å². The number of urea groups is 2. The van der Waals surface area contributed by atoms with Crippen LogP contribution in [0.5, 0.6) is 11.8 Å². The second-order valence-corrected chi connectivity index (χ2v) is 16.6. The predicted molar refractivity (Wildman–Crippen MR) is 235 cm³/mol. The molecule has 0 aliphatic rings. The van der Waals surface area contributed by atoms with Crippen molar-refractivity contribution in [3.63, 3.8) is 0 Å². The van der Waals surface area contributed by atoms with Gasteiger partial charge in [-0.3, -0.25) is 0 Å². The summed E-state index contributed by atoms with van der Waals surface area (Å²) in [5, 5.41) is 36.6. The van der Waals surface area contributed by atoms with E-state index in [4.69, 9.17) is 11.5 Å². The number of nitrogens with one attached hydrogen (secondary N) is 2. The molecule has 0 saturated carbocycles. The number of aromatic amines is 2. The summed E-state index contributed by atoms with van der Waals surface area (Å²) in [5.41, 5.74) is 15.2. The topological polar surface area (TPSA) is 208 Å². The van der Waals surface area contributed by atoms with Gasteiger partial charge in [-0.2, -0.15) is 0 Å². The number of carbonyl (C=O) groups is 2. The monoisotopic (exact) mass is 886 g/mol. The number of rotatable bonds is 8. The first kappa shape index (κ1) is 41.1. The van der Waals surface area contributed by atoms with E-state index in [9.17, 15) is 19.8 Å². The fourth-order valence-electron chi connectivity index (χ4n) is 5.84. The third kappa shape index (κ3) is 11.7. The molecular weight excluding hydrogens is 847 g/mol. The number of hydrogen-bond donors (Lipinski definition) is 6. The van der Waals surface area contributed by atoms with Crippen LogP contribution in [0.1, 0.15) is 22.3 Å². The molecule has 0 atom stereocenters. The van der Waals surface area contributed by atoms with E-state index in [0.717, 1.165) is 32.9 Å². The minimum absolute atomic E-state index is 0.0221. The summed E-state index contributed by atoms with van der Waals surface area (Å²) in [6.07, 6.45) is 3.33. The van der Waals surface area contributed by atoms with Crippen molar-refractivity contribution in [1.82, 2.24) is 9.97 Å². The molecule has 0 unspecified atom stereocenters. The number of primary amides is 2. The van der Waals surface area contributed by atoms with E-state index >= 15 is 0 Å². The molecule has 0 aliphatic carbocycles. The van der Waals surface area contributed by atoms with Gasteiger partial charge in [0.25, 0.3) is 0 Å². The molecule has 0 spiro atoms. The van der Waals surface area contributed by atoms with Crippen molar-refractivity contribution >= 4 is 85.7 Å². The molecule has 0 fully saturated rings.